The summed E-state index contributed by atoms with van der Waals surface area (Å²) in [7, 11) is -3.38. The van der Waals surface area contributed by atoms with Crippen LogP contribution in [0.3, 0.4) is 0 Å². The van der Waals surface area contributed by atoms with E-state index in [4.69, 9.17) is 19.3 Å². The normalized spacial score (nSPS) is 11.9. The standard InChI is InChI=1S/C9H20O7S/c1-17(11,12)16-9-8-15-7-6-14-5-4-13-3-2-10/h10H,2-9H2,1H3. The van der Waals surface area contributed by atoms with Crippen LogP contribution in [-0.4, -0.2) is 72.6 Å². The van der Waals surface area contributed by atoms with Gasteiger partial charge in [0.05, 0.1) is 59.1 Å². The predicted molar refractivity (Wildman–Crippen MR) is 60.3 cm³/mol. The van der Waals surface area contributed by atoms with Gasteiger partial charge in [0, 0.05) is 0 Å². The van der Waals surface area contributed by atoms with Crippen LogP contribution in [-0.2, 0) is 28.5 Å². The zero-order chi connectivity index (χ0) is 13.0. The van der Waals surface area contributed by atoms with Crippen LogP contribution in [0.1, 0.15) is 0 Å². The molecule has 8 heteroatoms. The summed E-state index contributed by atoms with van der Waals surface area (Å²) in [6.45, 7) is 2.16. The fourth-order valence-corrected chi connectivity index (χ4v) is 1.22. The average molecular weight is 272 g/mol. The number of hydrogen-bond donors (Lipinski definition) is 1. The first-order valence-corrected chi connectivity index (χ1v) is 7.06. The van der Waals surface area contributed by atoms with Crippen LogP contribution in [0, 0.1) is 0 Å². The second kappa shape index (κ2) is 10.9. The van der Waals surface area contributed by atoms with E-state index in [1.54, 1.807) is 0 Å². The average Bonchev–Trinajstić information content (AvgIpc) is 2.24. The van der Waals surface area contributed by atoms with Crippen LogP contribution < -0.4 is 0 Å². The first-order chi connectivity index (χ1) is 8.06. The second-order valence-corrected chi connectivity index (χ2v) is 4.73. The Bertz CT molecular complexity index is 252. The SMILES string of the molecule is CS(=O)(=O)OCCOCCOCCOCCO. The molecule has 0 aliphatic rings. The molecule has 0 amide bonds. The van der Waals surface area contributed by atoms with E-state index < -0.39 is 10.1 Å². The van der Waals surface area contributed by atoms with Crippen molar-refractivity contribution in [3.05, 3.63) is 0 Å². The van der Waals surface area contributed by atoms with Gasteiger partial charge < -0.3 is 19.3 Å². The molecule has 0 aliphatic carbocycles. The van der Waals surface area contributed by atoms with Gasteiger partial charge in [-0.05, 0) is 0 Å². The van der Waals surface area contributed by atoms with Crippen LogP contribution in [0.15, 0.2) is 0 Å². The summed E-state index contributed by atoms with van der Waals surface area (Å²) >= 11 is 0. The van der Waals surface area contributed by atoms with Gasteiger partial charge in [-0.15, -0.1) is 0 Å². The lowest BCUT2D eigenvalue weighted by Gasteiger charge is -2.06. The Labute approximate surface area is 102 Å². The number of hydrogen-bond acceptors (Lipinski definition) is 7. The van der Waals surface area contributed by atoms with Gasteiger partial charge in [0.15, 0.2) is 0 Å². The predicted octanol–water partition coefficient (Wildman–Crippen LogP) is -0.995. The van der Waals surface area contributed by atoms with Crippen molar-refractivity contribution in [3.63, 3.8) is 0 Å². The lowest BCUT2D eigenvalue weighted by Crippen LogP contribution is -2.13. The fourth-order valence-electron chi connectivity index (χ4n) is 0.851. The van der Waals surface area contributed by atoms with E-state index in [-0.39, 0.29) is 19.8 Å². The molecule has 0 aromatic heterocycles. The minimum absolute atomic E-state index is 0.00342. The van der Waals surface area contributed by atoms with Gasteiger partial charge in [0.1, 0.15) is 0 Å². The summed E-state index contributed by atoms with van der Waals surface area (Å²) < 4.78 is 40.7. The maximum Gasteiger partial charge on any atom is 0.264 e. The van der Waals surface area contributed by atoms with Gasteiger partial charge >= 0.3 is 0 Å². The van der Waals surface area contributed by atoms with Gasteiger partial charge in [0.25, 0.3) is 10.1 Å². The zero-order valence-electron chi connectivity index (χ0n) is 9.96. The quantitative estimate of drug-likeness (QED) is 0.360. The van der Waals surface area contributed by atoms with Crippen molar-refractivity contribution in [2.75, 3.05) is 59.1 Å². The molecule has 7 nitrogen and oxygen atoms in total. The molecule has 104 valence electrons. The first-order valence-electron chi connectivity index (χ1n) is 5.25. The Morgan fingerprint density at radius 2 is 1.24 bits per heavy atom. The Balaban J connectivity index is 3.04. The summed E-state index contributed by atoms with van der Waals surface area (Å²) in [5.41, 5.74) is 0. The minimum atomic E-state index is -3.38. The van der Waals surface area contributed by atoms with E-state index >= 15 is 0 Å². The van der Waals surface area contributed by atoms with E-state index in [1.807, 2.05) is 0 Å². The van der Waals surface area contributed by atoms with Gasteiger partial charge in [-0.2, -0.15) is 8.42 Å². The highest BCUT2D eigenvalue weighted by atomic mass is 32.2. The molecule has 0 rings (SSSR count). The van der Waals surface area contributed by atoms with Gasteiger partial charge in [0.2, 0.25) is 0 Å². The maximum absolute atomic E-state index is 10.6. The van der Waals surface area contributed by atoms with Crippen molar-refractivity contribution < 1.29 is 31.9 Å². The number of aliphatic hydroxyl groups is 1. The monoisotopic (exact) mass is 272 g/mol. The van der Waals surface area contributed by atoms with Crippen LogP contribution in [0.4, 0.5) is 0 Å². The third-order valence-electron chi connectivity index (χ3n) is 1.50. The van der Waals surface area contributed by atoms with Crippen LogP contribution in [0.2, 0.25) is 0 Å². The third kappa shape index (κ3) is 15.8. The molecule has 0 aromatic carbocycles. The van der Waals surface area contributed by atoms with Crippen molar-refractivity contribution >= 4 is 10.1 Å². The van der Waals surface area contributed by atoms with E-state index in [0.29, 0.717) is 33.0 Å². The van der Waals surface area contributed by atoms with E-state index in [0.717, 1.165) is 6.26 Å². The molecule has 0 radical (unpaired) electrons. The molecule has 0 bridgehead atoms. The Morgan fingerprint density at radius 1 is 0.824 bits per heavy atom. The second-order valence-electron chi connectivity index (χ2n) is 3.09. The maximum atomic E-state index is 10.6. The summed E-state index contributed by atoms with van der Waals surface area (Å²) in [5, 5.41) is 8.41. The van der Waals surface area contributed by atoms with Crippen molar-refractivity contribution in [3.8, 4) is 0 Å². The molecule has 0 saturated heterocycles. The summed E-state index contributed by atoms with van der Waals surface area (Å²) in [4.78, 5) is 0. The third-order valence-corrected chi connectivity index (χ3v) is 2.10. The van der Waals surface area contributed by atoms with Crippen molar-refractivity contribution in [2.45, 2.75) is 0 Å². The fraction of sp³-hybridized carbons (Fsp3) is 1.00. The molecular formula is C9H20O7S. The summed E-state index contributed by atoms with van der Waals surface area (Å²) in [5.74, 6) is 0. The van der Waals surface area contributed by atoms with Gasteiger partial charge in [-0.1, -0.05) is 0 Å². The van der Waals surface area contributed by atoms with Crippen LogP contribution >= 0.6 is 0 Å². The van der Waals surface area contributed by atoms with Gasteiger partial charge in [-0.3, -0.25) is 4.18 Å². The largest absolute Gasteiger partial charge is 0.394 e. The summed E-state index contributed by atoms with van der Waals surface area (Å²) in [6.07, 6.45) is 0.989. The highest BCUT2D eigenvalue weighted by Crippen LogP contribution is 1.87. The molecule has 0 unspecified atom stereocenters. The minimum Gasteiger partial charge on any atom is -0.394 e. The number of ether oxygens (including phenoxy) is 3. The lowest BCUT2D eigenvalue weighted by atomic mass is 10.7. The molecule has 0 aromatic rings. The van der Waals surface area contributed by atoms with Crippen molar-refractivity contribution in [2.24, 2.45) is 0 Å². The number of rotatable bonds is 12. The van der Waals surface area contributed by atoms with Crippen molar-refractivity contribution in [1.29, 1.82) is 0 Å². The molecule has 0 fully saturated rings. The van der Waals surface area contributed by atoms with Crippen LogP contribution in [0.5, 0.6) is 0 Å². The van der Waals surface area contributed by atoms with E-state index in [2.05, 4.69) is 4.18 Å². The topological polar surface area (TPSA) is 91.3 Å². The van der Waals surface area contributed by atoms with E-state index in [9.17, 15) is 8.42 Å². The molecular weight excluding hydrogens is 252 g/mol. The smallest absolute Gasteiger partial charge is 0.264 e. The summed E-state index contributed by atoms with van der Waals surface area (Å²) in [6, 6.07) is 0. The number of aliphatic hydroxyl groups excluding tert-OH is 1. The Hall–Kier alpha value is -0.250. The lowest BCUT2D eigenvalue weighted by molar-refractivity contribution is 0.00393. The van der Waals surface area contributed by atoms with Crippen LogP contribution in [0.25, 0.3) is 0 Å². The molecule has 1 N–H and O–H groups in total. The van der Waals surface area contributed by atoms with Crippen molar-refractivity contribution in [1.82, 2.24) is 0 Å². The first kappa shape index (κ1) is 16.8. The molecule has 17 heavy (non-hydrogen) atoms. The Morgan fingerprint density at radius 3 is 1.65 bits per heavy atom. The highest BCUT2D eigenvalue weighted by Gasteiger charge is 2.00. The molecule has 0 atom stereocenters. The molecule has 0 saturated carbocycles. The molecule has 0 aliphatic heterocycles. The zero-order valence-corrected chi connectivity index (χ0v) is 10.8. The van der Waals surface area contributed by atoms with Gasteiger partial charge in [-0.25, -0.2) is 0 Å². The van der Waals surface area contributed by atoms with E-state index in [1.165, 1.54) is 0 Å². The Kier molecular flexibility index (Phi) is 10.7. The molecule has 0 heterocycles. The molecule has 0 spiro atoms. The highest BCUT2D eigenvalue weighted by molar-refractivity contribution is 7.85.